The minimum atomic E-state index is -3.17. The Kier molecular flexibility index (Phi) is 7.02. The second-order valence-corrected chi connectivity index (χ2v) is 13.6. The Bertz CT molecular complexity index is 1360. The number of carbonyl (C=O) groups excluding carboxylic acids is 1. The maximum atomic E-state index is 12.4. The molecule has 1 amide bonds. The molecule has 2 saturated heterocycles. The normalized spacial score (nSPS) is 22.5. The molecule has 0 saturated carbocycles. The number of thiophene rings is 1. The number of amides is 1. The van der Waals surface area contributed by atoms with Gasteiger partial charge in [-0.1, -0.05) is 0 Å². The second kappa shape index (κ2) is 9.93. The van der Waals surface area contributed by atoms with E-state index in [1.54, 1.807) is 22.6 Å². The molecule has 0 unspecified atom stereocenters. The van der Waals surface area contributed by atoms with Crippen LogP contribution in [0.5, 0.6) is 0 Å². The standard InChI is InChI=1S/C27H36N4O3S2/c1-4-36(33,34)30-9-7-20(8-10-30)24-14-29-26-22(24)12-21(13-23(26)27(28)32)25-11-19(16-35-25)15-31-17(2)5-6-18(31)3/h11-14,16-18,20,29H,4-10,15H2,1-3H3,(H2,28,32)/t17-,18-/m1/s1. The second-order valence-electron chi connectivity index (χ2n) is 10.4. The molecule has 0 aliphatic carbocycles. The summed E-state index contributed by atoms with van der Waals surface area (Å²) in [6.07, 6.45) is 5.99. The summed E-state index contributed by atoms with van der Waals surface area (Å²) in [5.41, 5.74) is 10.5. The van der Waals surface area contributed by atoms with Crippen molar-refractivity contribution in [2.75, 3.05) is 18.8 Å². The molecule has 2 fully saturated rings. The number of sulfonamides is 1. The smallest absolute Gasteiger partial charge is 0.250 e. The Morgan fingerprint density at radius 1 is 1.11 bits per heavy atom. The monoisotopic (exact) mass is 528 g/mol. The fraction of sp³-hybridized carbons (Fsp3) is 0.519. The van der Waals surface area contributed by atoms with Crippen LogP contribution in [0.4, 0.5) is 0 Å². The SMILES string of the molecule is CCS(=O)(=O)N1CCC(c2c[nH]c3c(C(N)=O)cc(-c4cc(CN5[C@H](C)CC[C@H]5C)cs4)cc23)CC1. The van der Waals surface area contributed by atoms with Crippen LogP contribution < -0.4 is 5.73 Å². The molecule has 0 radical (unpaired) electrons. The highest BCUT2D eigenvalue weighted by Crippen LogP contribution is 2.39. The van der Waals surface area contributed by atoms with Crippen molar-refractivity contribution in [1.29, 1.82) is 0 Å². The quantitative estimate of drug-likeness (QED) is 0.456. The van der Waals surface area contributed by atoms with Gasteiger partial charge in [-0.15, -0.1) is 11.3 Å². The van der Waals surface area contributed by atoms with Crippen molar-refractivity contribution in [1.82, 2.24) is 14.2 Å². The van der Waals surface area contributed by atoms with Crippen LogP contribution in [0.25, 0.3) is 21.3 Å². The highest BCUT2D eigenvalue weighted by Gasteiger charge is 2.30. The Morgan fingerprint density at radius 2 is 1.81 bits per heavy atom. The summed E-state index contributed by atoms with van der Waals surface area (Å²) in [6.45, 7) is 8.29. The van der Waals surface area contributed by atoms with Crippen LogP contribution in [-0.2, 0) is 16.6 Å². The summed E-state index contributed by atoms with van der Waals surface area (Å²) in [6, 6.07) is 7.51. The molecule has 2 atom stereocenters. The van der Waals surface area contributed by atoms with Crippen molar-refractivity contribution < 1.29 is 13.2 Å². The van der Waals surface area contributed by atoms with Crippen LogP contribution in [0.2, 0.25) is 0 Å². The molecule has 5 rings (SSSR count). The summed E-state index contributed by atoms with van der Waals surface area (Å²) in [7, 11) is -3.17. The maximum absolute atomic E-state index is 12.4. The van der Waals surface area contributed by atoms with E-state index in [2.05, 4.69) is 41.2 Å². The summed E-state index contributed by atoms with van der Waals surface area (Å²) in [4.78, 5) is 19.4. The molecule has 0 bridgehead atoms. The van der Waals surface area contributed by atoms with Gasteiger partial charge in [-0.25, -0.2) is 12.7 Å². The minimum Gasteiger partial charge on any atom is -0.366 e. The lowest BCUT2D eigenvalue weighted by molar-refractivity contribution is 0.100. The lowest BCUT2D eigenvalue weighted by Gasteiger charge is -2.31. The molecule has 3 aromatic rings. The molecular formula is C27H36N4O3S2. The van der Waals surface area contributed by atoms with Gasteiger partial charge >= 0.3 is 0 Å². The number of likely N-dealkylation sites (tertiary alicyclic amines) is 1. The van der Waals surface area contributed by atoms with Gasteiger partial charge in [0.25, 0.3) is 5.91 Å². The Balaban J connectivity index is 1.45. The van der Waals surface area contributed by atoms with Gasteiger partial charge in [0.1, 0.15) is 0 Å². The zero-order chi connectivity index (χ0) is 25.6. The lowest BCUT2D eigenvalue weighted by atomic mass is 9.89. The van der Waals surface area contributed by atoms with Gasteiger partial charge in [0.05, 0.1) is 16.8 Å². The maximum Gasteiger partial charge on any atom is 0.250 e. The summed E-state index contributed by atoms with van der Waals surface area (Å²) in [5, 5.41) is 3.23. The number of aromatic amines is 1. The Hall–Kier alpha value is -2.20. The molecule has 9 heteroatoms. The van der Waals surface area contributed by atoms with E-state index in [9.17, 15) is 13.2 Å². The predicted octanol–water partition coefficient (Wildman–Crippen LogP) is 4.90. The van der Waals surface area contributed by atoms with E-state index in [0.717, 1.165) is 46.3 Å². The molecule has 4 heterocycles. The molecule has 7 nitrogen and oxygen atoms in total. The van der Waals surface area contributed by atoms with Crippen molar-refractivity contribution >= 4 is 38.2 Å². The van der Waals surface area contributed by atoms with E-state index in [4.69, 9.17) is 5.73 Å². The average molecular weight is 529 g/mol. The molecule has 2 aliphatic heterocycles. The first-order valence-electron chi connectivity index (χ1n) is 12.9. The van der Waals surface area contributed by atoms with Crippen molar-refractivity contribution in [2.45, 2.75) is 71.0 Å². The van der Waals surface area contributed by atoms with E-state index in [1.807, 2.05) is 12.3 Å². The number of piperidine rings is 1. The van der Waals surface area contributed by atoms with Crippen molar-refractivity contribution in [2.24, 2.45) is 5.73 Å². The first-order chi connectivity index (χ1) is 17.2. The highest BCUT2D eigenvalue weighted by molar-refractivity contribution is 7.89. The highest BCUT2D eigenvalue weighted by atomic mass is 32.2. The lowest BCUT2D eigenvalue weighted by Crippen LogP contribution is -2.38. The van der Waals surface area contributed by atoms with Gasteiger partial charge in [0.15, 0.2) is 0 Å². The minimum absolute atomic E-state index is 0.133. The molecule has 2 aromatic heterocycles. The Labute approximate surface area is 217 Å². The van der Waals surface area contributed by atoms with Crippen LogP contribution in [0.15, 0.2) is 29.8 Å². The van der Waals surface area contributed by atoms with Crippen LogP contribution >= 0.6 is 11.3 Å². The fourth-order valence-corrected chi connectivity index (χ4v) is 7.96. The van der Waals surface area contributed by atoms with Gasteiger partial charge in [-0.3, -0.25) is 9.69 Å². The topological polar surface area (TPSA) is 99.5 Å². The van der Waals surface area contributed by atoms with Crippen molar-refractivity contribution in [3.05, 3.63) is 46.5 Å². The van der Waals surface area contributed by atoms with Gasteiger partial charge in [0, 0.05) is 48.2 Å². The number of nitrogens with two attached hydrogens (primary N) is 1. The zero-order valence-electron chi connectivity index (χ0n) is 21.3. The van der Waals surface area contributed by atoms with E-state index in [1.165, 1.54) is 18.4 Å². The summed E-state index contributed by atoms with van der Waals surface area (Å²) in [5.74, 6) is -0.0836. The molecule has 194 valence electrons. The number of carbonyl (C=O) groups is 1. The summed E-state index contributed by atoms with van der Waals surface area (Å²) >= 11 is 1.70. The molecule has 3 N–H and O–H groups in total. The van der Waals surface area contributed by atoms with Crippen LogP contribution in [0.1, 0.15) is 73.9 Å². The third-order valence-electron chi connectivity index (χ3n) is 8.18. The number of nitrogens with zero attached hydrogens (tertiary/aromatic N) is 2. The number of fused-ring (bicyclic) bond motifs is 1. The number of nitrogens with one attached hydrogen (secondary N) is 1. The van der Waals surface area contributed by atoms with Gasteiger partial charge in [-0.2, -0.15) is 0 Å². The Morgan fingerprint density at radius 3 is 2.44 bits per heavy atom. The van der Waals surface area contributed by atoms with E-state index >= 15 is 0 Å². The van der Waals surface area contributed by atoms with E-state index in [0.29, 0.717) is 30.7 Å². The number of hydrogen-bond acceptors (Lipinski definition) is 5. The first kappa shape index (κ1) is 25.4. The number of benzene rings is 1. The van der Waals surface area contributed by atoms with Gasteiger partial charge < -0.3 is 10.7 Å². The van der Waals surface area contributed by atoms with Gasteiger partial charge in [0.2, 0.25) is 10.0 Å². The number of H-pyrrole nitrogens is 1. The average Bonchev–Trinajstić information content (AvgIpc) is 3.59. The van der Waals surface area contributed by atoms with Crippen molar-refractivity contribution in [3.63, 3.8) is 0 Å². The van der Waals surface area contributed by atoms with Gasteiger partial charge in [-0.05, 0) is 92.6 Å². The predicted molar refractivity (Wildman–Crippen MR) is 147 cm³/mol. The third kappa shape index (κ3) is 4.74. The van der Waals surface area contributed by atoms with Crippen LogP contribution in [0, 0.1) is 0 Å². The van der Waals surface area contributed by atoms with Crippen molar-refractivity contribution in [3.8, 4) is 10.4 Å². The summed E-state index contributed by atoms with van der Waals surface area (Å²) < 4.78 is 26.2. The fourth-order valence-electron chi connectivity index (χ4n) is 5.94. The van der Waals surface area contributed by atoms with E-state index < -0.39 is 15.9 Å². The number of hydrogen-bond donors (Lipinski definition) is 2. The molecular weight excluding hydrogens is 492 g/mol. The van der Waals surface area contributed by atoms with Crippen LogP contribution in [0.3, 0.4) is 0 Å². The number of aromatic nitrogens is 1. The molecule has 36 heavy (non-hydrogen) atoms. The first-order valence-corrected chi connectivity index (χ1v) is 15.4. The van der Waals surface area contributed by atoms with Crippen LogP contribution in [-0.4, -0.2) is 59.4 Å². The molecule has 2 aliphatic rings. The molecule has 1 aromatic carbocycles. The number of primary amides is 1. The molecule has 0 spiro atoms. The zero-order valence-corrected chi connectivity index (χ0v) is 22.9. The third-order valence-corrected chi connectivity index (χ3v) is 11.1. The van der Waals surface area contributed by atoms with E-state index in [-0.39, 0.29) is 11.7 Å². The largest absolute Gasteiger partial charge is 0.366 e. The number of rotatable bonds is 7.